The minimum atomic E-state index is -0.746. The summed E-state index contributed by atoms with van der Waals surface area (Å²) in [6.07, 6.45) is 0.656. The Morgan fingerprint density at radius 2 is 1.87 bits per heavy atom. The second-order valence-electron chi connectivity index (χ2n) is 10.9. The van der Waals surface area contributed by atoms with Crippen LogP contribution in [0.3, 0.4) is 0 Å². The van der Waals surface area contributed by atoms with Gasteiger partial charge in [-0.1, -0.05) is 41.0 Å². The lowest BCUT2D eigenvalue weighted by Gasteiger charge is -2.37. The van der Waals surface area contributed by atoms with Gasteiger partial charge in [0.2, 0.25) is 18.2 Å². The SMILES string of the molecule is CC(=O)N(NCc1cccc(F)c1Cl)[C@@H](CCC(=O)N1CCN(C(C)C)CC1)CON(C=O)c1cc(-c2cccc(F)c2)no1. The first-order valence-corrected chi connectivity index (χ1v) is 15.0. The molecule has 3 amide bonds. The van der Waals surface area contributed by atoms with Crippen molar-refractivity contribution in [2.75, 3.05) is 37.8 Å². The van der Waals surface area contributed by atoms with Crippen LogP contribution in [0.5, 0.6) is 0 Å². The number of piperazine rings is 1. The number of hydrogen-bond acceptors (Lipinski definition) is 8. The number of nitrogens with zero attached hydrogens (tertiary/aromatic N) is 5. The Labute approximate surface area is 265 Å². The minimum Gasteiger partial charge on any atom is -0.340 e. The molecule has 0 unspecified atom stereocenters. The smallest absolute Gasteiger partial charge is 0.258 e. The first-order valence-electron chi connectivity index (χ1n) is 14.7. The second-order valence-corrected chi connectivity index (χ2v) is 11.3. The predicted molar refractivity (Wildman–Crippen MR) is 163 cm³/mol. The molecule has 0 spiro atoms. The van der Waals surface area contributed by atoms with E-state index in [1.54, 1.807) is 17.0 Å². The van der Waals surface area contributed by atoms with Gasteiger partial charge in [0.15, 0.2) is 0 Å². The average Bonchev–Trinajstić information content (AvgIpc) is 3.51. The summed E-state index contributed by atoms with van der Waals surface area (Å²) in [7, 11) is 0. The van der Waals surface area contributed by atoms with Gasteiger partial charge in [0, 0.05) is 63.7 Å². The summed E-state index contributed by atoms with van der Waals surface area (Å²) in [5.41, 5.74) is 4.11. The number of nitrogens with one attached hydrogen (secondary N) is 1. The molecule has 3 aromatic rings. The lowest BCUT2D eigenvalue weighted by molar-refractivity contribution is -0.140. The van der Waals surface area contributed by atoms with E-state index >= 15 is 0 Å². The van der Waals surface area contributed by atoms with Gasteiger partial charge >= 0.3 is 0 Å². The van der Waals surface area contributed by atoms with Crippen LogP contribution in [-0.4, -0.2) is 83.1 Å². The maximum atomic E-state index is 14.0. The third kappa shape index (κ3) is 9.07. The standard InChI is InChI=1S/C31H37ClF2N6O5/c1-21(2)37-12-14-38(15-13-37)29(43)11-10-26(40(22(3)42)35-18-24-7-5-9-27(34)31(24)32)19-44-39(20-41)30-17-28(36-45-30)23-6-4-8-25(33)16-23/h4-9,16-17,20-21,26,35H,10-15,18-19H2,1-3H3/t26-/m0/s1. The molecule has 14 heteroatoms. The number of carbonyl (C=O) groups is 3. The molecule has 1 atom stereocenters. The summed E-state index contributed by atoms with van der Waals surface area (Å²) >= 11 is 6.12. The van der Waals surface area contributed by atoms with Crippen molar-refractivity contribution in [3.05, 3.63) is 70.8 Å². The number of halogens is 3. The zero-order chi connectivity index (χ0) is 32.5. The van der Waals surface area contributed by atoms with Crippen LogP contribution in [0.25, 0.3) is 11.3 Å². The molecular formula is C31H37ClF2N6O5. The van der Waals surface area contributed by atoms with Crippen molar-refractivity contribution >= 4 is 35.7 Å². The summed E-state index contributed by atoms with van der Waals surface area (Å²) < 4.78 is 33.0. The summed E-state index contributed by atoms with van der Waals surface area (Å²) in [4.78, 5) is 47.9. The maximum Gasteiger partial charge on any atom is 0.258 e. The van der Waals surface area contributed by atoms with E-state index in [1.165, 1.54) is 48.3 Å². The van der Waals surface area contributed by atoms with E-state index < -0.39 is 23.6 Å². The van der Waals surface area contributed by atoms with Crippen LogP contribution in [0, 0.1) is 11.6 Å². The summed E-state index contributed by atoms with van der Waals surface area (Å²) in [5.74, 6) is -1.60. The number of hydrazine groups is 1. The van der Waals surface area contributed by atoms with Crippen LogP contribution >= 0.6 is 11.6 Å². The van der Waals surface area contributed by atoms with E-state index in [-0.39, 0.29) is 48.5 Å². The van der Waals surface area contributed by atoms with Crippen LogP contribution in [0.15, 0.2) is 53.1 Å². The Morgan fingerprint density at radius 3 is 2.53 bits per heavy atom. The van der Waals surface area contributed by atoms with E-state index in [0.29, 0.717) is 36.7 Å². The normalized spacial score (nSPS) is 14.4. The highest BCUT2D eigenvalue weighted by atomic mass is 35.5. The molecule has 1 aromatic heterocycles. The molecule has 1 saturated heterocycles. The number of hydroxylamine groups is 1. The third-order valence-electron chi connectivity index (χ3n) is 7.60. The van der Waals surface area contributed by atoms with Crippen LogP contribution in [0.4, 0.5) is 14.7 Å². The van der Waals surface area contributed by atoms with Crippen molar-refractivity contribution < 1.29 is 32.5 Å². The van der Waals surface area contributed by atoms with Gasteiger partial charge in [-0.15, -0.1) is 0 Å². The van der Waals surface area contributed by atoms with Crippen LogP contribution in [0.1, 0.15) is 39.2 Å². The van der Waals surface area contributed by atoms with Crippen LogP contribution < -0.4 is 10.5 Å². The monoisotopic (exact) mass is 646 g/mol. The minimum absolute atomic E-state index is 0.00821. The zero-order valence-corrected chi connectivity index (χ0v) is 26.2. The molecule has 2 heterocycles. The van der Waals surface area contributed by atoms with Gasteiger partial charge in [-0.2, -0.15) is 5.06 Å². The Kier molecular flexibility index (Phi) is 12.0. The van der Waals surface area contributed by atoms with E-state index in [2.05, 4.69) is 29.3 Å². The number of benzene rings is 2. The third-order valence-corrected chi connectivity index (χ3v) is 8.02. The molecule has 242 valence electrons. The van der Waals surface area contributed by atoms with Gasteiger partial charge in [-0.05, 0) is 44.0 Å². The fraction of sp³-hybridized carbons (Fsp3) is 0.419. The number of rotatable bonds is 14. The van der Waals surface area contributed by atoms with Crippen molar-refractivity contribution in [1.82, 2.24) is 25.4 Å². The number of hydrogen-bond donors (Lipinski definition) is 1. The molecule has 0 bridgehead atoms. The fourth-order valence-electron chi connectivity index (χ4n) is 5.04. The quantitative estimate of drug-likeness (QED) is 0.202. The van der Waals surface area contributed by atoms with Crippen molar-refractivity contribution in [2.24, 2.45) is 0 Å². The Hall–Kier alpha value is -3.91. The van der Waals surface area contributed by atoms with Gasteiger partial charge in [-0.3, -0.25) is 29.1 Å². The Bertz CT molecular complexity index is 1470. The largest absolute Gasteiger partial charge is 0.340 e. The molecule has 11 nitrogen and oxygen atoms in total. The van der Waals surface area contributed by atoms with E-state index in [0.717, 1.165) is 18.2 Å². The van der Waals surface area contributed by atoms with Crippen LogP contribution in [0.2, 0.25) is 5.02 Å². The van der Waals surface area contributed by atoms with Crippen molar-refractivity contribution in [3.63, 3.8) is 0 Å². The summed E-state index contributed by atoms with van der Waals surface area (Å²) in [5, 5.41) is 5.90. The molecule has 45 heavy (non-hydrogen) atoms. The number of amides is 3. The maximum absolute atomic E-state index is 14.0. The Morgan fingerprint density at radius 1 is 1.13 bits per heavy atom. The molecule has 1 aliphatic rings. The summed E-state index contributed by atoms with van der Waals surface area (Å²) in [6.45, 7) is 8.09. The average molecular weight is 647 g/mol. The molecule has 1 N–H and O–H groups in total. The van der Waals surface area contributed by atoms with Crippen LogP contribution in [-0.2, 0) is 25.8 Å². The van der Waals surface area contributed by atoms with Gasteiger partial charge in [0.1, 0.15) is 17.3 Å². The molecular weight excluding hydrogens is 610 g/mol. The molecule has 2 aromatic carbocycles. The molecule has 1 fully saturated rings. The van der Waals surface area contributed by atoms with E-state index in [1.807, 2.05) is 0 Å². The van der Waals surface area contributed by atoms with Gasteiger partial charge in [0.25, 0.3) is 5.88 Å². The zero-order valence-electron chi connectivity index (χ0n) is 25.4. The topological polar surface area (TPSA) is 111 Å². The van der Waals surface area contributed by atoms with Gasteiger partial charge < -0.3 is 9.42 Å². The molecule has 0 saturated carbocycles. The highest BCUT2D eigenvalue weighted by molar-refractivity contribution is 6.31. The lowest BCUT2D eigenvalue weighted by Crippen LogP contribution is -2.52. The second kappa shape index (κ2) is 15.9. The van der Waals surface area contributed by atoms with Crippen molar-refractivity contribution in [3.8, 4) is 11.3 Å². The van der Waals surface area contributed by atoms with E-state index in [9.17, 15) is 23.2 Å². The molecule has 0 aliphatic carbocycles. The first kappa shape index (κ1) is 34.0. The molecule has 1 aliphatic heterocycles. The van der Waals surface area contributed by atoms with Crippen molar-refractivity contribution in [2.45, 2.75) is 52.2 Å². The number of carbonyl (C=O) groups excluding carboxylic acids is 3. The summed E-state index contributed by atoms with van der Waals surface area (Å²) in [6, 6.07) is 11.1. The highest BCUT2D eigenvalue weighted by Gasteiger charge is 2.28. The highest BCUT2D eigenvalue weighted by Crippen LogP contribution is 2.25. The predicted octanol–water partition coefficient (Wildman–Crippen LogP) is 4.42. The lowest BCUT2D eigenvalue weighted by atomic mass is 10.1. The van der Waals surface area contributed by atoms with E-state index in [4.69, 9.17) is 21.0 Å². The Balaban J connectivity index is 1.48. The molecule has 0 radical (unpaired) electrons. The van der Waals surface area contributed by atoms with Gasteiger partial charge in [0.05, 0.1) is 17.7 Å². The number of aromatic nitrogens is 1. The fourth-order valence-corrected chi connectivity index (χ4v) is 5.23. The van der Waals surface area contributed by atoms with Gasteiger partial charge in [-0.25, -0.2) is 14.2 Å². The first-order chi connectivity index (χ1) is 21.6. The van der Waals surface area contributed by atoms with Crippen molar-refractivity contribution in [1.29, 1.82) is 0 Å². The number of anilines is 1. The molecule has 4 rings (SSSR count).